The minimum atomic E-state index is -0.473. The Labute approximate surface area is 187 Å². The zero-order valence-corrected chi connectivity index (χ0v) is 19.0. The number of ketones is 1. The molecule has 0 aliphatic carbocycles. The van der Waals surface area contributed by atoms with Crippen molar-refractivity contribution in [3.05, 3.63) is 74.6 Å². The number of aromatic nitrogens is 2. The summed E-state index contributed by atoms with van der Waals surface area (Å²) in [7, 11) is 0. The van der Waals surface area contributed by atoms with Gasteiger partial charge in [-0.3, -0.25) is 4.79 Å². The maximum absolute atomic E-state index is 12.8. The predicted octanol–water partition coefficient (Wildman–Crippen LogP) is 5.57. The summed E-state index contributed by atoms with van der Waals surface area (Å²) in [6.45, 7) is 7.42. The highest BCUT2D eigenvalue weighted by Gasteiger charge is 2.22. The molecule has 5 rings (SSSR count). The zero-order valence-electron chi connectivity index (χ0n) is 18.1. The van der Waals surface area contributed by atoms with Crippen LogP contribution in [-0.4, -0.2) is 15.3 Å². The van der Waals surface area contributed by atoms with Crippen molar-refractivity contribution < 1.29 is 9.21 Å². The van der Waals surface area contributed by atoms with Gasteiger partial charge in [-0.1, -0.05) is 17.7 Å². The van der Waals surface area contributed by atoms with Crippen molar-refractivity contribution in [1.82, 2.24) is 9.55 Å². The van der Waals surface area contributed by atoms with E-state index in [1.807, 2.05) is 51.1 Å². The van der Waals surface area contributed by atoms with Crippen LogP contribution in [0.4, 0.5) is 5.13 Å². The fourth-order valence-electron chi connectivity index (χ4n) is 4.43. The van der Waals surface area contributed by atoms with E-state index in [0.717, 1.165) is 38.8 Å². The standard InChI is InChI=1S/C25H21N3O3S/c1-12-5-7-16(8-6-12)28-14(3)23(15(4)29)18-10-21-17(9-20(18)28)13(2)22(24(30)31-21)19-11-32-25(26)27-19/h5-11H,1-4H3,(H2,26,27). The molecule has 0 atom stereocenters. The third-order valence-electron chi connectivity index (χ3n) is 5.91. The number of nitrogens with zero attached hydrogens (tertiary/aromatic N) is 2. The van der Waals surface area contributed by atoms with E-state index in [4.69, 9.17) is 10.2 Å². The Balaban J connectivity index is 1.90. The lowest BCUT2D eigenvalue weighted by Gasteiger charge is -2.11. The lowest BCUT2D eigenvalue weighted by Crippen LogP contribution is -2.06. The topological polar surface area (TPSA) is 91.1 Å². The van der Waals surface area contributed by atoms with Crippen LogP contribution in [0.3, 0.4) is 0 Å². The molecule has 3 heterocycles. The minimum Gasteiger partial charge on any atom is -0.422 e. The first kappa shape index (κ1) is 20.2. The highest BCUT2D eigenvalue weighted by atomic mass is 32.1. The highest BCUT2D eigenvalue weighted by molar-refractivity contribution is 7.13. The van der Waals surface area contributed by atoms with Gasteiger partial charge in [-0.05, 0) is 57.5 Å². The number of Topliss-reactive ketones (excluding diaryl/α,β-unsaturated/α-hetero) is 1. The number of nitrogens with two attached hydrogens (primary N) is 1. The van der Waals surface area contributed by atoms with E-state index in [2.05, 4.69) is 9.55 Å². The van der Waals surface area contributed by atoms with Crippen molar-refractivity contribution >= 4 is 44.1 Å². The molecule has 2 aromatic carbocycles. The molecule has 0 amide bonds. The Bertz CT molecular complexity index is 1600. The first-order chi connectivity index (χ1) is 15.3. The maximum Gasteiger partial charge on any atom is 0.346 e. The first-order valence-corrected chi connectivity index (χ1v) is 11.1. The van der Waals surface area contributed by atoms with Gasteiger partial charge >= 0.3 is 5.63 Å². The van der Waals surface area contributed by atoms with E-state index in [-0.39, 0.29) is 5.78 Å². The van der Waals surface area contributed by atoms with Crippen LogP contribution in [0.1, 0.15) is 34.1 Å². The molecule has 160 valence electrons. The zero-order chi connectivity index (χ0) is 22.7. The van der Waals surface area contributed by atoms with E-state index < -0.39 is 5.63 Å². The Kier molecular flexibility index (Phi) is 4.53. The lowest BCUT2D eigenvalue weighted by molar-refractivity contribution is 0.101. The van der Waals surface area contributed by atoms with Gasteiger partial charge in [0.05, 0.1) is 16.8 Å². The second-order valence-corrected chi connectivity index (χ2v) is 8.90. The van der Waals surface area contributed by atoms with Gasteiger partial charge in [0.25, 0.3) is 0 Å². The summed E-state index contributed by atoms with van der Waals surface area (Å²) >= 11 is 1.28. The third-order valence-corrected chi connectivity index (χ3v) is 6.59. The Morgan fingerprint density at radius 2 is 1.81 bits per heavy atom. The van der Waals surface area contributed by atoms with Crippen LogP contribution < -0.4 is 11.4 Å². The van der Waals surface area contributed by atoms with E-state index in [1.54, 1.807) is 18.4 Å². The van der Waals surface area contributed by atoms with Crippen LogP contribution in [0.5, 0.6) is 0 Å². The van der Waals surface area contributed by atoms with Crippen molar-refractivity contribution in [2.75, 3.05) is 5.73 Å². The number of thiazole rings is 1. The molecule has 0 aliphatic heterocycles. The number of rotatable bonds is 3. The smallest absolute Gasteiger partial charge is 0.346 e. The van der Waals surface area contributed by atoms with Crippen LogP contribution in [-0.2, 0) is 0 Å². The Morgan fingerprint density at radius 1 is 1.09 bits per heavy atom. The van der Waals surface area contributed by atoms with Gasteiger partial charge in [-0.2, -0.15) is 0 Å². The molecule has 32 heavy (non-hydrogen) atoms. The van der Waals surface area contributed by atoms with Gasteiger partial charge in [0.2, 0.25) is 0 Å². The van der Waals surface area contributed by atoms with E-state index in [1.165, 1.54) is 11.3 Å². The number of hydrogen-bond donors (Lipinski definition) is 1. The summed E-state index contributed by atoms with van der Waals surface area (Å²) in [5.74, 6) is -0.0358. The van der Waals surface area contributed by atoms with Crippen molar-refractivity contribution in [3.63, 3.8) is 0 Å². The van der Waals surface area contributed by atoms with Crippen molar-refractivity contribution in [2.45, 2.75) is 27.7 Å². The molecule has 0 unspecified atom stereocenters. The second-order valence-electron chi connectivity index (χ2n) is 8.01. The molecular weight excluding hydrogens is 422 g/mol. The summed E-state index contributed by atoms with van der Waals surface area (Å²) in [6, 6.07) is 12.0. The van der Waals surface area contributed by atoms with Gasteiger partial charge in [0, 0.05) is 33.1 Å². The Hall–Kier alpha value is -3.71. The van der Waals surface area contributed by atoms with Crippen LogP contribution in [0.15, 0.2) is 51.0 Å². The fraction of sp³-hybridized carbons (Fsp3) is 0.160. The van der Waals surface area contributed by atoms with Crippen molar-refractivity contribution in [1.29, 1.82) is 0 Å². The molecule has 0 aliphatic rings. The number of fused-ring (bicyclic) bond motifs is 2. The number of anilines is 1. The van der Waals surface area contributed by atoms with Crippen molar-refractivity contribution in [3.8, 4) is 16.9 Å². The number of aryl methyl sites for hydroxylation is 2. The quantitative estimate of drug-likeness (QED) is 0.291. The molecule has 3 aromatic heterocycles. The number of benzene rings is 2. The van der Waals surface area contributed by atoms with E-state index >= 15 is 0 Å². The lowest BCUT2D eigenvalue weighted by atomic mass is 10.0. The Morgan fingerprint density at radius 3 is 2.44 bits per heavy atom. The van der Waals surface area contributed by atoms with Gasteiger partial charge in [-0.25, -0.2) is 9.78 Å². The largest absolute Gasteiger partial charge is 0.422 e. The third kappa shape index (κ3) is 2.97. The maximum atomic E-state index is 12.8. The molecule has 0 fully saturated rings. The summed E-state index contributed by atoms with van der Waals surface area (Å²) < 4.78 is 7.78. The highest BCUT2D eigenvalue weighted by Crippen LogP contribution is 2.35. The molecule has 6 nitrogen and oxygen atoms in total. The van der Waals surface area contributed by atoms with Gasteiger partial charge < -0.3 is 14.7 Å². The molecule has 0 radical (unpaired) electrons. The van der Waals surface area contributed by atoms with Crippen LogP contribution in [0, 0.1) is 20.8 Å². The number of nitrogen functional groups attached to an aromatic ring is 1. The molecular formula is C25H21N3O3S. The average Bonchev–Trinajstić information content (AvgIpc) is 3.27. The predicted molar refractivity (Wildman–Crippen MR) is 129 cm³/mol. The number of hydrogen-bond acceptors (Lipinski definition) is 6. The minimum absolute atomic E-state index is 0.0358. The summed E-state index contributed by atoms with van der Waals surface area (Å²) in [4.78, 5) is 29.7. The van der Waals surface area contributed by atoms with Gasteiger partial charge in [0.15, 0.2) is 10.9 Å². The fourth-order valence-corrected chi connectivity index (χ4v) is 4.98. The first-order valence-electron chi connectivity index (χ1n) is 10.2. The van der Waals surface area contributed by atoms with E-state index in [9.17, 15) is 9.59 Å². The molecule has 5 aromatic rings. The molecule has 0 spiro atoms. The molecule has 2 N–H and O–H groups in total. The molecule has 0 saturated heterocycles. The van der Waals surface area contributed by atoms with Crippen LogP contribution in [0.2, 0.25) is 0 Å². The van der Waals surface area contributed by atoms with Crippen molar-refractivity contribution in [2.24, 2.45) is 0 Å². The monoisotopic (exact) mass is 443 g/mol. The second kappa shape index (κ2) is 7.17. The summed E-state index contributed by atoms with van der Waals surface area (Å²) in [6.07, 6.45) is 0. The summed E-state index contributed by atoms with van der Waals surface area (Å²) in [5, 5.41) is 3.70. The van der Waals surface area contributed by atoms with Crippen LogP contribution >= 0.6 is 11.3 Å². The van der Waals surface area contributed by atoms with Crippen LogP contribution in [0.25, 0.3) is 38.8 Å². The average molecular weight is 444 g/mol. The molecule has 7 heteroatoms. The SMILES string of the molecule is CC(=O)c1c(C)n(-c2ccc(C)cc2)c2cc3c(C)c(-c4csc(N)n4)c(=O)oc3cc12. The number of carbonyl (C=O) groups excluding carboxylic acids is 1. The summed E-state index contributed by atoms with van der Waals surface area (Å²) in [5.41, 5.74) is 11.9. The molecule has 0 saturated carbocycles. The normalized spacial score (nSPS) is 11.5. The van der Waals surface area contributed by atoms with Gasteiger partial charge in [0.1, 0.15) is 5.58 Å². The number of carbonyl (C=O) groups is 1. The van der Waals surface area contributed by atoms with Gasteiger partial charge in [-0.15, -0.1) is 11.3 Å². The van der Waals surface area contributed by atoms with E-state index in [0.29, 0.717) is 27.5 Å². The molecule has 0 bridgehead atoms.